The molecule has 2 amide bonds. The third-order valence-corrected chi connectivity index (χ3v) is 3.80. The molecule has 3 rings (SSSR count). The molecule has 0 aromatic heterocycles. The van der Waals surface area contributed by atoms with Crippen LogP contribution in [0.15, 0.2) is 30.3 Å². The van der Waals surface area contributed by atoms with Gasteiger partial charge in [-0.3, -0.25) is 9.59 Å². The van der Waals surface area contributed by atoms with Gasteiger partial charge >= 0.3 is 0 Å². The number of piperazine rings is 1. The van der Waals surface area contributed by atoms with Crippen LogP contribution in [0.3, 0.4) is 0 Å². The lowest BCUT2D eigenvalue weighted by molar-refractivity contribution is -0.145. The largest absolute Gasteiger partial charge is 0.336 e. The van der Waals surface area contributed by atoms with E-state index in [1.54, 1.807) is 4.90 Å². The van der Waals surface area contributed by atoms with Crippen LogP contribution >= 0.6 is 0 Å². The van der Waals surface area contributed by atoms with E-state index in [0.29, 0.717) is 25.6 Å². The lowest BCUT2D eigenvalue weighted by Crippen LogP contribution is -2.53. The molecule has 0 bridgehead atoms. The van der Waals surface area contributed by atoms with Gasteiger partial charge in [0.05, 0.1) is 13.0 Å². The van der Waals surface area contributed by atoms with Crippen LogP contribution in [-0.2, 0) is 16.0 Å². The number of hydrogen-bond acceptors (Lipinski definition) is 2. The maximum atomic E-state index is 12.2. The topological polar surface area (TPSA) is 40.6 Å². The summed E-state index contributed by atoms with van der Waals surface area (Å²) in [6, 6.07) is 10.1. The molecule has 2 aliphatic rings. The minimum Gasteiger partial charge on any atom is -0.336 e. The molecule has 1 aliphatic heterocycles. The van der Waals surface area contributed by atoms with Crippen molar-refractivity contribution in [3.05, 3.63) is 35.9 Å². The van der Waals surface area contributed by atoms with E-state index in [4.69, 9.17) is 0 Å². The molecule has 0 spiro atoms. The summed E-state index contributed by atoms with van der Waals surface area (Å²) in [7, 11) is 0. The van der Waals surface area contributed by atoms with Crippen molar-refractivity contribution in [2.24, 2.45) is 0 Å². The third kappa shape index (κ3) is 2.78. The average Bonchev–Trinajstić information content (AvgIpc) is 3.24. The van der Waals surface area contributed by atoms with Crippen molar-refractivity contribution >= 4 is 11.8 Å². The van der Waals surface area contributed by atoms with Gasteiger partial charge in [-0.25, -0.2) is 0 Å². The summed E-state index contributed by atoms with van der Waals surface area (Å²) in [4.78, 5) is 27.8. The van der Waals surface area contributed by atoms with Gasteiger partial charge in [-0.15, -0.1) is 0 Å². The SMILES string of the molecule is O=C(Cc1ccccc1)N1CCN(C2CC2)C(=O)C1. The number of nitrogens with zero attached hydrogens (tertiary/aromatic N) is 2. The Kier molecular flexibility index (Phi) is 3.23. The highest BCUT2D eigenvalue weighted by Crippen LogP contribution is 2.28. The Labute approximate surface area is 113 Å². The Bertz CT molecular complexity index is 482. The quantitative estimate of drug-likeness (QED) is 0.813. The van der Waals surface area contributed by atoms with Crippen LogP contribution < -0.4 is 0 Å². The van der Waals surface area contributed by atoms with Crippen molar-refractivity contribution in [3.63, 3.8) is 0 Å². The fourth-order valence-corrected chi connectivity index (χ4v) is 2.55. The molecule has 0 radical (unpaired) electrons. The van der Waals surface area contributed by atoms with Crippen molar-refractivity contribution < 1.29 is 9.59 Å². The van der Waals surface area contributed by atoms with Crippen LogP contribution in [0.4, 0.5) is 0 Å². The summed E-state index contributed by atoms with van der Waals surface area (Å²) in [5.74, 6) is 0.158. The standard InChI is InChI=1S/C15H18N2O2/c18-14(10-12-4-2-1-3-5-12)16-8-9-17(13-6-7-13)15(19)11-16/h1-5,13H,6-11H2. The van der Waals surface area contributed by atoms with Crippen molar-refractivity contribution in [1.82, 2.24) is 9.80 Å². The number of amides is 2. The molecule has 2 fully saturated rings. The highest BCUT2D eigenvalue weighted by Gasteiger charge is 2.36. The van der Waals surface area contributed by atoms with Crippen LogP contribution in [0, 0.1) is 0 Å². The first-order valence-electron chi connectivity index (χ1n) is 6.85. The third-order valence-electron chi connectivity index (χ3n) is 3.80. The summed E-state index contributed by atoms with van der Waals surface area (Å²) in [6.07, 6.45) is 2.64. The van der Waals surface area contributed by atoms with Gasteiger partial charge in [0, 0.05) is 19.1 Å². The molecule has 0 unspecified atom stereocenters. The van der Waals surface area contributed by atoms with Crippen LogP contribution in [0.1, 0.15) is 18.4 Å². The fraction of sp³-hybridized carbons (Fsp3) is 0.467. The van der Waals surface area contributed by atoms with Crippen LogP contribution in [0.2, 0.25) is 0 Å². The van der Waals surface area contributed by atoms with E-state index in [0.717, 1.165) is 18.4 Å². The van der Waals surface area contributed by atoms with E-state index < -0.39 is 0 Å². The summed E-state index contributed by atoms with van der Waals surface area (Å²) in [5, 5.41) is 0. The summed E-state index contributed by atoms with van der Waals surface area (Å²) >= 11 is 0. The Morgan fingerprint density at radius 3 is 2.53 bits per heavy atom. The first-order chi connectivity index (χ1) is 9.24. The monoisotopic (exact) mass is 258 g/mol. The number of carbonyl (C=O) groups excluding carboxylic acids is 2. The Morgan fingerprint density at radius 2 is 1.89 bits per heavy atom. The molecule has 1 heterocycles. The summed E-state index contributed by atoms with van der Waals surface area (Å²) < 4.78 is 0. The Morgan fingerprint density at radius 1 is 1.16 bits per heavy atom. The molecule has 0 N–H and O–H groups in total. The lowest BCUT2D eigenvalue weighted by Gasteiger charge is -2.34. The van der Waals surface area contributed by atoms with E-state index in [9.17, 15) is 9.59 Å². The van der Waals surface area contributed by atoms with Crippen LogP contribution in [0.5, 0.6) is 0 Å². The van der Waals surface area contributed by atoms with Gasteiger partial charge in [0.15, 0.2) is 0 Å². The number of benzene rings is 1. The van der Waals surface area contributed by atoms with E-state index in [2.05, 4.69) is 0 Å². The molecule has 1 aromatic rings. The second kappa shape index (κ2) is 5.03. The van der Waals surface area contributed by atoms with Crippen LogP contribution in [0.25, 0.3) is 0 Å². The molecular formula is C15H18N2O2. The first-order valence-corrected chi connectivity index (χ1v) is 6.85. The number of rotatable bonds is 3. The van der Waals surface area contributed by atoms with E-state index >= 15 is 0 Å². The summed E-state index contributed by atoms with van der Waals surface area (Å²) in [5.41, 5.74) is 1.00. The molecule has 1 saturated carbocycles. The van der Waals surface area contributed by atoms with Gasteiger partial charge in [0.2, 0.25) is 11.8 Å². The molecule has 1 aliphatic carbocycles. The van der Waals surface area contributed by atoms with Crippen molar-refractivity contribution in [2.75, 3.05) is 19.6 Å². The molecule has 4 heteroatoms. The van der Waals surface area contributed by atoms with Gasteiger partial charge in [-0.1, -0.05) is 30.3 Å². The van der Waals surface area contributed by atoms with Gasteiger partial charge in [-0.2, -0.15) is 0 Å². The van der Waals surface area contributed by atoms with Gasteiger partial charge in [0.25, 0.3) is 0 Å². The zero-order chi connectivity index (χ0) is 13.2. The van der Waals surface area contributed by atoms with Crippen molar-refractivity contribution in [1.29, 1.82) is 0 Å². The summed E-state index contributed by atoms with van der Waals surface area (Å²) in [6.45, 7) is 1.63. The van der Waals surface area contributed by atoms with Crippen molar-refractivity contribution in [3.8, 4) is 0 Å². The number of hydrogen-bond donors (Lipinski definition) is 0. The Hall–Kier alpha value is -1.84. The molecule has 1 saturated heterocycles. The molecule has 19 heavy (non-hydrogen) atoms. The normalized spacial score (nSPS) is 19.7. The van der Waals surface area contributed by atoms with E-state index in [-0.39, 0.29) is 18.4 Å². The predicted octanol–water partition coefficient (Wildman–Crippen LogP) is 1.06. The maximum absolute atomic E-state index is 12.2. The first kappa shape index (κ1) is 12.2. The molecular weight excluding hydrogens is 240 g/mol. The fourth-order valence-electron chi connectivity index (χ4n) is 2.55. The highest BCUT2D eigenvalue weighted by molar-refractivity contribution is 5.87. The maximum Gasteiger partial charge on any atom is 0.242 e. The van der Waals surface area contributed by atoms with Gasteiger partial charge < -0.3 is 9.80 Å². The van der Waals surface area contributed by atoms with Gasteiger partial charge in [-0.05, 0) is 18.4 Å². The second-order valence-electron chi connectivity index (χ2n) is 5.30. The van der Waals surface area contributed by atoms with Gasteiger partial charge in [0.1, 0.15) is 0 Å². The molecule has 0 atom stereocenters. The molecule has 100 valence electrons. The van der Waals surface area contributed by atoms with E-state index in [1.807, 2.05) is 35.2 Å². The number of carbonyl (C=O) groups is 2. The molecule has 1 aromatic carbocycles. The van der Waals surface area contributed by atoms with Crippen molar-refractivity contribution in [2.45, 2.75) is 25.3 Å². The minimum atomic E-state index is 0.0509. The minimum absolute atomic E-state index is 0.0509. The second-order valence-corrected chi connectivity index (χ2v) is 5.30. The van der Waals surface area contributed by atoms with E-state index in [1.165, 1.54) is 0 Å². The lowest BCUT2D eigenvalue weighted by atomic mass is 10.1. The average molecular weight is 258 g/mol. The van der Waals surface area contributed by atoms with Crippen LogP contribution in [-0.4, -0.2) is 47.3 Å². The Balaban J connectivity index is 1.58. The zero-order valence-corrected chi connectivity index (χ0v) is 10.9. The predicted molar refractivity (Wildman–Crippen MR) is 71.5 cm³/mol. The smallest absolute Gasteiger partial charge is 0.242 e. The molecule has 4 nitrogen and oxygen atoms in total. The highest BCUT2D eigenvalue weighted by atomic mass is 16.2. The zero-order valence-electron chi connectivity index (χ0n) is 10.9.